The van der Waals surface area contributed by atoms with Crippen molar-refractivity contribution in [3.8, 4) is 0 Å². The van der Waals surface area contributed by atoms with Gasteiger partial charge in [-0.05, 0) is 12.5 Å². The third-order valence-corrected chi connectivity index (χ3v) is 3.21. The van der Waals surface area contributed by atoms with Gasteiger partial charge in [0, 0.05) is 0 Å². The van der Waals surface area contributed by atoms with E-state index in [1.54, 1.807) is 10.9 Å². The van der Waals surface area contributed by atoms with Crippen LogP contribution in [-0.2, 0) is 22.8 Å². The second-order valence-electron chi connectivity index (χ2n) is 4.81. The number of hydrogen-bond donors (Lipinski definition) is 1. The van der Waals surface area contributed by atoms with Crippen LogP contribution in [0.1, 0.15) is 12.5 Å². The molecule has 3 aromatic rings. The van der Waals surface area contributed by atoms with Gasteiger partial charge in [0.05, 0.1) is 12.9 Å². The Bertz CT molecular complexity index is 744. The molecule has 7 nitrogen and oxygen atoms in total. The number of ether oxygens (including phenoxy) is 2. The molecule has 0 aliphatic rings. The van der Waals surface area contributed by atoms with Crippen molar-refractivity contribution < 1.29 is 9.47 Å². The lowest BCUT2D eigenvalue weighted by molar-refractivity contribution is -0.157. The van der Waals surface area contributed by atoms with Gasteiger partial charge in [0.1, 0.15) is 18.6 Å². The molecule has 0 fully saturated rings. The van der Waals surface area contributed by atoms with E-state index in [1.807, 2.05) is 37.3 Å². The summed E-state index contributed by atoms with van der Waals surface area (Å²) in [7, 11) is 0. The predicted molar refractivity (Wildman–Crippen MR) is 81.5 cm³/mol. The first-order valence-electron chi connectivity index (χ1n) is 6.92. The number of hydrogen-bond acceptors (Lipinski definition) is 6. The van der Waals surface area contributed by atoms with Crippen LogP contribution in [0.2, 0.25) is 0 Å². The molecule has 22 heavy (non-hydrogen) atoms. The molecular weight excluding hydrogens is 282 g/mol. The van der Waals surface area contributed by atoms with Crippen LogP contribution in [-0.4, -0.2) is 25.8 Å². The van der Waals surface area contributed by atoms with E-state index in [0.29, 0.717) is 23.6 Å². The number of anilines is 1. The topological polar surface area (TPSA) is 88.1 Å². The van der Waals surface area contributed by atoms with Crippen molar-refractivity contribution in [2.45, 2.75) is 26.6 Å². The highest BCUT2D eigenvalue weighted by atomic mass is 16.7. The molecule has 7 heteroatoms. The SMILES string of the molecule is CC(OCc1ccccc1)OCn1cnc2c(N)ncnc21. The van der Waals surface area contributed by atoms with Crippen LogP contribution < -0.4 is 5.73 Å². The summed E-state index contributed by atoms with van der Waals surface area (Å²) in [6, 6.07) is 9.95. The molecule has 0 amide bonds. The third kappa shape index (κ3) is 3.21. The van der Waals surface area contributed by atoms with Crippen molar-refractivity contribution in [3.63, 3.8) is 0 Å². The lowest BCUT2D eigenvalue weighted by atomic mass is 10.2. The monoisotopic (exact) mass is 299 g/mol. The zero-order valence-corrected chi connectivity index (χ0v) is 12.2. The molecule has 0 radical (unpaired) electrons. The summed E-state index contributed by atoms with van der Waals surface area (Å²) < 4.78 is 13.1. The Morgan fingerprint density at radius 2 is 1.95 bits per heavy atom. The molecule has 114 valence electrons. The highest BCUT2D eigenvalue weighted by Gasteiger charge is 2.09. The number of imidazole rings is 1. The molecule has 1 unspecified atom stereocenters. The van der Waals surface area contributed by atoms with E-state index >= 15 is 0 Å². The van der Waals surface area contributed by atoms with Crippen LogP contribution in [0.4, 0.5) is 5.82 Å². The van der Waals surface area contributed by atoms with Gasteiger partial charge in [0.15, 0.2) is 17.8 Å². The Labute approximate surface area is 127 Å². The van der Waals surface area contributed by atoms with Gasteiger partial charge >= 0.3 is 0 Å². The van der Waals surface area contributed by atoms with Gasteiger partial charge in [0.25, 0.3) is 0 Å². The van der Waals surface area contributed by atoms with E-state index < -0.39 is 0 Å². The molecule has 2 heterocycles. The van der Waals surface area contributed by atoms with Gasteiger partial charge in [-0.3, -0.25) is 4.57 Å². The smallest absolute Gasteiger partial charge is 0.167 e. The first kappa shape index (κ1) is 14.4. The molecule has 3 rings (SSSR count). The molecule has 0 bridgehead atoms. The number of aromatic nitrogens is 4. The van der Waals surface area contributed by atoms with Crippen LogP contribution in [0.15, 0.2) is 43.0 Å². The molecule has 0 aliphatic heterocycles. The van der Waals surface area contributed by atoms with Crippen molar-refractivity contribution in [3.05, 3.63) is 48.5 Å². The minimum absolute atomic E-state index is 0.281. The first-order chi connectivity index (χ1) is 10.7. The summed E-state index contributed by atoms with van der Waals surface area (Å²) >= 11 is 0. The fourth-order valence-corrected chi connectivity index (χ4v) is 2.01. The van der Waals surface area contributed by atoms with Gasteiger partial charge in [-0.2, -0.15) is 0 Å². The van der Waals surface area contributed by atoms with E-state index in [1.165, 1.54) is 6.33 Å². The molecule has 0 aliphatic carbocycles. The largest absolute Gasteiger partial charge is 0.382 e. The van der Waals surface area contributed by atoms with E-state index in [9.17, 15) is 0 Å². The predicted octanol–water partition coefficient (Wildman–Crippen LogP) is 1.95. The maximum absolute atomic E-state index is 5.75. The summed E-state index contributed by atoms with van der Waals surface area (Å²) in [6.45, 7) is 2.64. The molecular formula is C15H17N5O2. The Hall–Kier alpha value is -2.51. The van der Waals surface area contributed by atoms with Crippen LogP contribution in [0.5, 0.6) is 0 Å². The van der Waals surface area contributed by atoms with Crippen molar-refractivity contribution >= 4 is 17.0 Å². The lowest BCUT2D eigenvalue weighted by Crippen LogP contribution is -2.15. The number of fused-ring (bicyclic) bond motifs is 1. The molecule has 0 saturated carbocycles. The normalized spacial score (nSPS) is 12.6. The van der Waals surface area contributed by atoms with Crippen molar-refractivity contribution in [2.24, 2.45) is 0 Å². The quantitative estimate of drug-likeness (QED) is 0.700. The minimum Gasteiger partial charge on any atom is -0.382 e. The Morgan fingerprint density at radius 1 is 1.14 bits per heavy atom. The van der Waals surface area contributed by atoms with Crippen LogP contribution >= 0.6 is 0 Å². The maximum Gasteiger partial charge on any atom is 0.167 e. The van der Waals surface area contributed by atoms with Crippen molar-refractivity contribution in [1.29, 1.82) is 0 Å². The van der Waals surface area contributed by atoms with Crippen LogP contribution in [0.3, 0.4) is 0 Å². The number of rotatable bonds is 6. The summed E-state index contributed by atoms with van der Waals surface area (Å²) in [5.74, 6) is 0.358. The lowest BCUT2D eigenvalue weighted by Gasteiger charge is -2.14. The van der Waals surface area contributed by atoms with E-state index in [-0.39, 0.29) is 13.0 Å². The standard InChI is InChI=1S/C15H17N5O2/c1-11(21-7-12-5-3-2-4-6-12)22-10-20-9-19-13-14(16)17-8-18-15(13)20/h2-6,8-9,11H,7,10H2,1H3,(H2,16,17,18). The molecule has 0 saturated heterocycles. The molecule has 1 aromatic carbocycles. The van der Waals surface area contributed by atoms with E-state index in [0.717, 1.165) is 5.56 Å². The third-order valence-electron chi connectivity index (χ3n) is 3.21. The Morgan fingerprint density at radius 3 is 2.77 bits per heavy atom. The molecule has 2 N–H and O–H groups in total. The van der Waals surface area contributed by atoms with Gasteiger partial charge in [-0.1, -0.05) is 30.3 Å². The average Bonchev–Trinajstić information content (AvgIpc) is 2.96. The highest BCUT2D eigenvalue weighted by molar-refractivity contribution is 5.80. The number of nitrogen functional groups attached to an aromatic ring is 1. The fourth-order valence-electron chi connectivity index (χ4n) is 2.01. The first-order valence-corrected chi connectivity index (χ1v) is 6.92. The Balaban J connectivity index is 1.56. The van der Waals surface area contributed by atoms with Crippen LogP contribution in [0, 0.1) is 0 Å². The summed E-state index contributed by atoms with van der Waals surface area (Å²) in [4.78, 5) is 12.2. The number of nitrogens with zero attached hydrogens (tertiary/aromatic N) is 4. The number of nitrogens with two attached hydrogens (primary N) is 1. The zero-order chi connectivity index (χ0) is 15.4. The van der Waals surface area contributed by atoms with Crippen LogP contribution in [0.25, 0.3) is 11.2 Å². The minimum atomic E-state index is -0.350. The van der Waals surface area contributed by atoms with Gasteiger partial charge in [0.2, 0.25) is 0 Å². The second-order valence-corrected chi connectivity index (χ2v) is 4.81. The summed E-state index contributed by atoms with van der Waals surface area (Å²) in [5.41, 5.74) is 8.06. The molecule has 0 spiro atoms. The Kier molecular flexibility index (Phi) is 4.27. The molecule has 1 atom stereocenters. The van der Waals surface area contributed by atoms with E-state index in [2.05, 4.69) is 15.0 Å². The van der Waals surface area contributed by atoms with Gasteiger partial charge in [-0.15, -0.1) is 0 Å². The average molecular weight is 299 g/mol. The molecule has 2 aromatic heterocycles. The summed E-state index contributed by atoms with van der Waals surface area (Å²) in [6.07, 6.45) is 2.68. The fraction of sp³-hybridized carbons (Fsp3) is 0.267. The highest BCUT2D eigenvalue weighted by Crippen LogP contribution is 2.14. The van der Waals surface area contributed by atoms with E-state index in [4.69, 9.17) is 15.2 Å². The van der Waals surface area contributed by atoms with Crippen molar-refractivity contribution in [1.82, 2.24) is 19.5 Å². The zero-order valence-electron chi connectivity index (χ0n) is 12.2. The summed E-state index contributed by atoms with van der Waals surface area (Å²) in [5, 5.41) is 0. The van der Waals surface area contributed by atoms with Crippen molar-refractivity contribution in [2.75, 3.05) is 5.73 Å². The van der Waals surface area contributed by atoms with Gasteiger partial charge < -0.3 is 15.2 Å². The maximum atomic E-state index is 5.75. The number of benzene rings is 1. The van der Waals surface area contributed by atoms with Gasteiger partial charge in [-0.25, -0.2) is 15.0 Å². The second kappa shape index (κ2) is 6.50.